The SMILES string of the molecule is CCCCCCCCCCCCCCCCCCCCCCCC(=O)OC(COCCCCCCCCCCCCCCCCCCCC)COP(=O)(O)OCC(O)CO. The molecule has 0 fully saturated rings. The third kappa shape index (κ3) is 47.0. The van der Waals surface area contributed by atoms with Gasteiger partial charge in [-0.3, -0.25) is 13.8 Å². The van der Waals surface area contributed by atoms with Crippen LogP contribution < -0.4 is 0 Å². The summed E-state index contributed by atoms with van der Waals surface area (Å²) in [6, 6.07) is 0. The van der Waals surface area contributed by atoms with Gasteiger partial charge in [-0.15, -0.1) is 0 Å². The summed E-state index contributed by atoms with van der Waals surface area (Å²) in [4.78, 5) is 22.7. The summed E-state index contributed by atoms with van der Waals surface area (Å²) in [7, 11) is -4.51. The summed E-state index contributed by atoms with van der Waals surface area (Å²) in [6.07, 6.45) is 49.3. The Hall–Kier alpha value is -0.540. The third-order valence-corrected chi connectivity index (χ3v) is 12.7. The number of unbranched alkanes of at least 4 members (excludes halogenated alkanes) is 37. The fourth-order valence-corrected chi connectivity index (χ4v) is 8.62. The lowest BCUT2D eigenvalue weighted by molar-refractivity contribution is -0.154. The Balaban J connectivity index is 4.00. The Morgan fingerprint density at radius 3 is 1.08 bits per heavy atom. The van der Waals surface area contributed by atoms with Crippen molar-refractivity contribution in [2.45, 2.75) is 283 Å². The summed E-state index contributed by atoms with van der Waals surface area (Å²) in [5.41, 5.74) is 0. The number of hydrogen-bond acceptors (Lipinski definition) is 8. The quantitative estimate of drug-likeness (QED) is 0.0310. The molecular formula is C50H101O9P. The van der Waals surface area contributed by atoms with Crippen LogP contribution in [0.25, 0.3) is 0 Å². The summed E-state index contributed by atoms with van der Waals surface area (Å²) in [6.45, 7) is 3.61. The lowest BCUT2D eigenvalue weighted by Gasteiger charge is -2.20. The topological polar surface area (TPSA) is 132 Å². The molecule has 0 bridgehead atoms. The van der Waals surface area contributed by atoms with Crippen LogP contribution in [0.4, 0.5) is 0 Å². The van der Waals surface area contributed by atoms with Gasteiger partial charge < -0.3 is 24.6 Å². The molecule has 0 saturated carbocycles. The highest BCUT2D eigenvalue weighted by Gasteiger charge is 2.26. The van der Waals surface area contributed by atoms with Gasteiger partial charge in [-0.25, -0.2) is 4.57 Å². The highest BCUT2D eigenvalue weighted by molar-refractivity contribution is 7.47. The van der Waals surface area contributed by atoms with Crippen molar-refractivity contribution in [3.05, 3.63) is 0 Å². The Labute approximate surface area is 371 Å². The van der Waals surface area contributed by atoms with Gasteiger partial charge in [0.15, 0.2) is 0 Å². The predicted octanol–water partition coefficient (Wildman–Crippen LogP) is 15.0. The molecule has 3 unspecified atom stereocenters. The summed E-state index contributed by atoms with van der Waals surface area (Å²) >= 11 is 0. The molecule has 0 aliphatic carbocycles. The number of aliphatic hydroxyl groups is 2. The first-order valence-corrected chi connectivity index (χ1v) is 27.5. The van der Waals surface area contributed by atoms with Crippen molar-refractivity contribution in [1.29, 1.82) is 0 Å². The van der Waals surface area contributed by atoms with Crippen LogP contribution in [0.3, 0.4) is 0 Å². The van der Waals surface area contributed by atoms with E-state index in [1.54, 1.807) is 0 Å². The Morgan fingerprint density at radius 2 is 0.750 bits per heavy atom. The van der Waals surface area contributed by atoms with E-state index in [0.717, 1.165) is 32.1 Å². The fraction of sp³-hybridized carbons (Fsp3) is 0.980. The summed E-state index contributed by atoms with van der Waals surface area (Å²) in [5, 5.41) is 18.4. The van der Waals surface area contributed by atoms with Crippen molar-refractivity contribution in [1.82, 2.24) is 0 Å². The van der Waals surface area contributed by atoms with E-state index in [1.807, 2.05) is 0 Å². The molecule has 0 saturated heterocycles. The number of aliphatic hydroxyl groups excluding tert-OH is 2. The van der Waals surface area contributed by atoms with E-state index < -0.39 is 33.2 Å². The number of ether oxygens (including phenoxy) is 2. The number of carbonyl (C=O) groups is 1. The minimum Gasteiger partial charge on any atom is -0.457 e. The van der Waals surface area contributed by atoms with Crippen LogP contribution in [-0.4, -0.2) is 66.3 Å². The van der Waals surface area contributed by atoms with Crippen LogP contribution in [0.15, 0.2) is 0 Å². The van der Waals surface area contributed by atoms with E-state index in [2.05, 4.69) is 13.8 Å². The van der Waals surface area contributed by atoms with Crippen molar-refractivity contribution >= 4 is 13.8 Å². The molecule has 0 spiro atoms. The van der Waals surface area contributed by atoms with Crippen LogP contribution >= 0.6 is 7.82 Å². The van der Waals surface area contributed by atoms with E-state index in [0.29, 0.717) is 6.61 Å². The molecule has 0 rings (SSSR count). The van der Waals surface area contributed by atoms with Gasteiger partial charge in [-0.1, -0.05) is 251 Å². The molecule has 0 radical (unpaired) electrons. The highest BCUT2D eigenvalue weighted by Crippen LogP contribution is 2.43. The second-order valence-electron chi connectivity index (χ2n) is 17.9. The van der Waals surface area contributed by atoms with Gasteiger partial charge in [0.2, 0.25) is 0 Å². The van der Waals surface area contributed by atoms with E-state index in [-0.39, 0.29) is 25.6 Å². The van der Waals surface area contributed by atoms with Gasteiger partial charge in [-0.05, 0) is 12.8 Å². The van der Waals surface area contributed by atoms with E-state index in [9.17, 15) is 19.4 Å². The zero-order chi connectivity index (χ0) is 43.9. The van der Waals surface area contributed by atoms with Crippen molar-refractivity contribution in [2.24, 2.45) is 0 Å². The van der Waals surface area contributed by atoms with Crippen LogP contribution in [0.5, 0.6) is 0 Å². The maximum Gasteiger partial charge on any atom is 0.472 e. The second-order valence-corrected chi connectivity index (χ2v) is 19.4. The molecule has 0 aliphatic heterocycles. The molecule has 3 atom stereocenters. The molecule has 10 heteroatoms. The molecule has 0 amide bonds. The van der Waals surface area contributed by atoms with Crippen LogP contribution in [0.2, 0.25) is 0 Å². The zero-order valence-electron chi connectivity index (χ0n) is 39.7. The molecule has 0 aromatic rings. The first kappa shape index (κ1) is 59.5. The molecule has 0 aliphatic rings. The first-order chi connectivity index (χ1) is 29.3. The van der Waals surface area contributed by atoms with Crippen LogP contribution in [-0.2, 0) is 27.9 Å². The van der Waals surface area contributed by atoms with Gasteiger partial charge in [0.1, 0.15) is 12.2 Å². The van der Waals surface area contributed by atoms with E-state index in [1.165, 1.54) is 218 Å². The summed E-state index contributed by atoms with van der Waals surface area (Å²) in [5.74, 6) is -0.373. The zero-order valence-corrected chi connectivity index (χ0v) is 40.6. The molecule has 0 heterocycles. The largest absolute Gasteiger partial charge is 0.472 e. The van der Waals surface area contributed by atoms with Gasteiger partial charge in [0, 0.05) is 13.0 Å². The minimum atomic E-state index is -4.51. The average Bonchev–Trinajstić information content (AvgIpc) is 3.24. The Bertz CT molecular complexity index is 907. The monoisotopic (exact) mass is 877 g/mol. The van der Waals surface area contributed by atoms with E-state index in [4.69, 9.17) is 23.6 Å². The summed E-state index contributed by atoms with van der Waals surface area (Å²) < 4.78 is 33.5. The van der Waals surface area contributed by atoms with Crippen molar-refractivity contribution < 1.29 is 43.0 Å². The number of hydrogen-bond donors (Lipinski definition) is 3. The smallest absolute Gasteiger partial charge is 0.457 e. The van der Waals surface area contributed by atoms with Gasteiger partial charge in [-0.2, -0.15) is 0 Å². The number of phosphoric acid groups is 1. The lowest BCUT2D eigenvalue weighted by atomic mass is 10.0. The minimum absolute atomic E-state index is 0.0588. The van der Waals surface area contributed by atoms with Gasteiger partial charge >= 0.3 is 13.8 Å². The third-order valence-electron chi connectivity index (χ3n) is 11.8. The molecule has 0 aromatic carbocycles. The fourth-order valence-electron chi connectivity index (χ4n) is 7.83. The average molecular weight is 877 g/mol. The molecule has 9 nitrogen and oxygen atoms in total. The molecule has 0 aromatic heterocycles. The Kier molecular flexibility index (Phi) is 47.5. The Morgan fingerprint density at radius 1 is 0.450 bits per heavy atom. The van der Waals surface area contributed by atoms with Gasteiger partial charge in [0.25, 0.3) is 0 Å². The lowest BCUT2D eigenvalue weighted by Crippen LogP contribution is -2.29. The number of esters is 1. The first-order valence-electron chi connectivity index (χ1n) is 26.0. The highest BCUT2D eigenvalue weighted by atomic mass is 31.2. The molecule has 60 heavy (non-hydrogen) atoms. The number of phosphoric ester groups is 1. The number of carbonyl (C=O) groups excluding carboxylic acids is 1. The maximum atomic E-state index is 12.7. The standard InChI is InChI=1S/C50H101O9P/c1-3-5-7-9-11-13-15-17-19-21-23-24-25-26-28-30-32-34-36-38-40-42-50(53)59-49(47-58-60(54,55)57-45-48(52)44-51)46-56-43-41-39-37-35-33-31-29-27-22-20-18-16-14-12-10-8-6-4-2/h48-49,51-52H,3-47H2,1-2H3,(H,54,55). The molecular weight excluding hydrogens is 776 g/mol. The maximum absolute atomic E-state index is 12.7. The second kappa shape index (κ2) is 47.9. The molecule has 3 N–H and O–H groups in total. The van der Waals surface area contributed by atoms with Crippen LogP contribution in [0, 0.1) is 0 Å². The van der Waals surface area contributed by atoms with Crippen LogP contribution in [0.1, 0.15) is 271 Å². The van der Waals surface area contributed by atoms with Gasteiger partial charge in [0.05, 0.1) is 26.4 Å². The van der Waals surface area contributed by atoms with Crippen molar-refractivity contribution in [3.63, 3.8) is 0 Å². The number of rotatable bonds is 51. The predicted molar refractivity (Wildman–Crippen MR) is 252 cm³/mol. The van der Waals surface area contributed by atoms with Crippen molar-refractivity contribution in [3.8, 4) is 0 Å². The molecule has 360 valence electrons. The normalized spacial score (nSPS) is 13.8. The van der Waals surface area contributed by atoms with E-state index >= 15 is 0 Å². The van der Waals surface area contributed by atoms with Crippen molar-refractivity contribution in [2.75, 3.05) is 33.0 Å².